The summed E-state index contributed by atoms with van der Waals surface area (Å²) < 4.78 is 0. The highest BCUT2D eigenvalue weighted by molar-refractivity contribution is 6.29. The van der Waals surface area contributed by atoms with Crippen LogP contribution in [0, 0.1) is 11.8 Å². The Kier molecular flexibility index (Phi) is 4.56. The zero-order valence-electron chi connectivity index (χ0n) is 9.68. The van der Waals surface area contributed by atoms with Gasteiger partial charge in [0.25, 0.3) is 0 Å². The highest BCUT2D eigenvalue weighted by Gasteiger charge is 2.18. The second-order valence-corrected chi connectivity index (χ2v) is 5.72. The van der Waals surface area contributed by atoms with Gasteiger partial charge in [0, 0.05) is 5.03 Å². The summed E-state index contributed by atoms with van der Waals surface area (Å²) in [5.41, 5.74) is 0. The van der Waals surface area contributed by atoms with Crippen molar-refractivity contribution in [3.05, 3.63) is 11.1 Å². The molecule has 15 heavy (non-hydrogen) atoms. The van der Waals surface area contributed by atoms with Crippen molar-refractivity contribution >= 4 is 11.6 Å². The molecule has 0 saturated heterocycles. The van der Waals surface area contributed by atoms with E-state index >= 15 is 0 Å². The maximum absolute atomic E-state index is 6.45. The third kappa shape index (κ3) is 3.52. The molecule has 0 N–H and O–H groups in total. The summed E-state index contributed by atoms with van der Waals surface area (Å²) in [5, 5.41) is 1.20. The van der Waals surface area contributed by atoms with Crippen molar-refractivity contribution in [1.29, 1.82) is 0 Å². The lowest BCUT2D eigenvalue weighted by Gasteiger charge is -2.24. The van der Waals surface area contributed by atoms with E-state index in [0.717, 1.165) is 5.92 Å². The molecule has 2 aliphatic rings. The van der Waals surface area contributed by atoms with Crippen molar-refractivity contribution in [2.45, 2.75) is 64.2 Å². The Morgan fingerprint density at radius 2 is 1.33 bits per heavy atom. The van der Waals surface area contributed by atoms with Gasteiger partial charge in [-0.1, -0.05) is 56.2 Å². The lowest BCUT2D eigenvalue weighted by Crippen LogP contribution is -2.09. The second kappa shape index (κ2) is 5.94. The van der Waals surface area contributed by atoms with Crippen LogP contribution < -0.4 is 0 Å². The van der Waals surface area contributed by atoms with Gasteiger partial charge in [-0.3, -0.25) is 0 Å². The van der Waals surface area contributed by atoms with Crippen LogP contribution in [0.5, 0.6) is 0 Å². The maximum atomic E-state index is 6.45. The summed E-state index contributed by atoms with van der Waals surface area (Å²) in [7, 11) is 0. The van der Waals surface area contributed by atoms with Crippen molar-refractivity contribution in [3.8, 4) is 0 Å². The van der Waals surface area contributed by atoms with Crippen molar-refractivity contribution in [2.75, 3.05) is 0 Å². The molecule has 0 aliphatic heterocycles. The molecule has 0 heterocycles. The lowest BCUT2D eigenvalue weighted by atomic mass is 9.85. The Labute approximate surface area is 99.1 Å². The molecule has 0 unspecified atom stereocenters. The normalized spacial score (nSPS) is 26.9. The molecule has 0 spiro atoms. The summed E-state index contributed by atoms with van der Waals surface area (Å²) in [6.07, 6.45) is 16.3. The van der Waals surface area contributed by atoms with Crippen molar-refractivity contribution in [2.24, 2.45) is 11.8 Å². The van der Waals surface area contributed by atoms with Crippen LogP contribution in [0.15, 0.2) is 11.1 Å². The molecule has 0 atom stereocenters. The maximum Gasteiger partial charge on any atom is 0.0174 e. The quantitative estimate of drug-likeness (QED) is 0.602. The van der Waals surface area contributed by atoms with Gasteiger partial charge in [0.1, 0.15) is 0 Å². The van der Waals surface area contributed by atoms with E-state index in [9.17, 15) is 0 Å². The summed E-state index contributed by atoms with van der Waals surface area (Å²) in [6.45, 7) is 0. The van der Waals surface area contributed by atoms with E-state index in [0.29, 0.717) is 5.92 Å². The summed E-state index contributed by atoms with van der Waals surface area (Å²) >= 11 is 6.45. The van der Waals surface area contributed by atoms with E-state index in [1.807, 2.05) is 0 Å². The monoisotopic (exact) mass is 226 g/mol. The number of hydrogen-bond acceptors (Lipinski definition) is 0. The van der Waals surface area contributed by atoms with Gasteiger partial charge in [0.05, 0.1) is 0 Å². The summed E-state index contributed by atoms with van der Waals surface area (Å²) in [4.78, 5) is 0. The highest BCUT2D eigenvalue weighted by atomic mass is 35.5. The van der Waals surface area contributed by atoms with Crippen LogP contribution in [0.2, 0.25) is 0 Å². The van der Waals surface area contributed by atoms with Crippen LogP contribution in [0.3, 0.4) is 0 Å². The minimum atomic E-state index is 0.711. The molecule has 1 heteroatoms. The smallest absolute Gasteiger partial charge is 0.0174 e. The van der Waals surface area contributed by atoms with E-state index < -0.39 is 0 Å². The Hall–Kier alpha value is 0.0300. The lowest BCUT2D eigenvalue weighted by molar-refractivity contribution is 0.396. The first-order chi connectivity index (χ1) is 7.36. The zero-order chi connectivity index (χ0) is 10.5. The first-order valence-electron chi connectivity index (χ1n) is 6.73. The molecule has 0 bridgehead atoms. The molecule has 0 nitrogen and oxygen atoms in total. The minimum Gasteiger partial charge on any atom is -0.0892 e. The molecule has 0 aromatic heterocycles. The molecule has 2 saturated carbocycles. The van der Waals surface area contributed by atoms with Gasteiger partial charge in [-0.25, -0.2) is 0 Å². The largest absolute Gasteiger partial charge is 0.0892 e. The Morgan fingerprint density at radius 3 is 1.93 bits per heavy atom. The topological polar surface area (TPSA) is 0 Å². The second-order valence-electron chi connectivity index (χ2n) is 5.28. The van der Waals surface area contributed by atoms with Crippen molar-refractivity contribution < 1.29 is 0 Å². The molecule has 0 radical (unpaired) electrons. The Bertz CT molecular complexity index is 207. The Morgan fingerprint density at radius 1 is 0.800 bits per heavy atom. The van der Waals surface area contributed by atoms with E-state index in [1.165, 1.54) is 69.2 Å². The number of hydrogen-bond donors (Lipinski definition) is 0. The van der Waals surface area contributed by atoms with Crippen LogP contribution in [0.1, 0.15) is 64.2 Å². The van der Waals surface area contributed by atoms with Crippen LogP contribution in [-0.4, -0.2) is 0 Å². The fourth-order valence-corrected chi connectivity index (χ4v) is 3.44. The highest BCUT2D eigenvalue weighted by Crippen LogP contribution is 2.34. The molecule has 2 aliphatic carbocycles. The molecule has 86 valence electrons. The third-order valence-electron chi connectivity index (χ3n) is 4.04. The van der Waals surface area contributed by atoms with Gasteiger partial charge in [-0.2, -0.15) is 0 Å². The number of halogens is 1. The molecular formula is C14H23Cl. The molecule has 2 fully saturated rings. The molecular weight excluding hydrogens is 204 g/mol. The van der Waals surface area contributed by atoms with E-state index in [1.54, 1.807) is 0 Å². The molecule has 0 aromatic carbocycles. The predicted molar refractivity (Wildman–Crippen MR) is 67.1 cm³/mol. The van der Waals surface area contributed by atoms with Crippen LogP contribution in [0.25, 0.3) is 0 Å². The summed E-state index contributed by atoms with van der Waals surface area (Å²) in [5.74, 6) is 1.51. The average molecular weight is 227 g/mol. The van der Waals surface area contributed by atoms with Gasteiger partial charge in [-0.15, -0.1) is 0 Å². The van der Waals surface area contributed by atoms with Gasteiger partial charge < -0.3 is 0 Å². The van der Waals surface area contributed by atoms with Gasteiger partial charge in [0.15, 0.2) is 0 Å². The standard InChI is InChI=1S/C14H23Cl/c15-14(13-9-5-2-6-10-13)11-12-7-3-1-4-8-12/h11-13H,1-10H2/b14-11-. The number of allylic oxidation sites excluding steroid dienone is 2. The van der Waals surface area contributed by atoms with E-state index in [4.69, 9.17) is 11.6 Å². The van der Waals surface area contributed by atoms with E-state index in [-0.39, 0.29) is 0 Å². The van der Waals surface area contributed by atoms with Gasteiger partial charge in [-0.05, 0) is 37.5 Å². The minimum absolute atomic E-state index is 0.711. The average Bonchev–Trinajstić information content (AvgIpc) is 2.31. The van der Waals surface area contributed by atoms with Crippen molar-refractivity contribution in [3.63, 3.8) is 0 Å². The third-order valence-corrected chi connectivity index (χ3v) is 4.47. The van der Waals surface area contributed by atoms with E-state index in [2.05, 4.69) is 6.08 Å². The summed E-state index contributed by atoms with van der Waals surface area (Å²) in [6, 6.07) is 0. The fraction of sp³-hybridized carbons (Fsp3) is 0.857. The molecule has 0 aromatic rings. The fourth-order valence-electron chi connectivity index (χ4n) is 3.04. The predicted octanol–water partition coefficient (Wildman–Crippen LogP) is 5.27. The zero-order valence-corrected chi connectivity index (χ0v) is 10.4. The SMILES string of the molecule is Cl/C(=C\C1CCCCC1)C1CCCCC1. The molecule has 2 rings (SSSR count). The van der Waals surface area contributed by atoms with Crippen molar-refractivity contribution in [1.82, 2.24) is 0 Å². The van der Waals surface area contributed by atoms with Crippen LogP contribution in [-0.2, 0) is 0 Å². The van der Waals surface area contributed by atoms with Crippen LogP contribution in [0.4, 0.5) is 0 Å². The van der Waals surface area contributed by atoms with Gasteiger partial charge >= 0.3 is 0 Å². The number of rotatable bonds is 2. The van der Waals surface area contributed by atoms with Gasteiger partial charge in [0.2, 0.25) is 0 Å². The Balaban J connectivity index is 1.86. The first kappa shape index (κ1) is 11.5. The molecule has 0 amide bonds. The van der Waals surface area contributed by atoms with Crippen LogP contribution >= 0.6 is 11.6 Å². The first-order valence-corrected chi connectivity index (χ1v) is 7.11.